The number of nitrogens with two attached hydrogens (primary N) is 1. The number of rotatable bonds is 14. The summed E-state index contributed by atoms with van der Waals surface area (Å²) >= 11 is 0. The molecule has 6 atom stereocenters. The summed E-state index contributed by atoms with van der Waals surface area (Å²) in [6.45, 7) is 20.3. The number of aliphatic carboxylic acids is 2. The smallest absolute Gasteiger partial charge is 0.870 e. The maximum absolute atomic E-state index is 12.6. The molecule has 442 valence electrons. The third-order valence-corrected chi connectivity index (χ3v) is 13.1. The Hall–Kier alpha value is -4.85. The standard InChI is InChI=1S/C18H32N2O5.C17H30N2O5.C9H17NO4.C9H17NO2.Li.H2O/c1-12(20(5)17(23)25-18(2,3)4)15(21)19-14(16(22)24-6)13-10-8-7-9-11-13;1-11(19(5)16(23)24-17(2,3)4)14(20)18-13(15(21)22)12-9-7-6-8-10-12;1-6(7(11)12)10(5)8(13)14-9(2,3)4;1-12-9(11)8(10)7-5-3-2-4-6-7;;/h12-14H,7-11H2,1-6H3,(H,19,21);11-13H,6-10H2,1-5H3,(H,18,20)(H,21,22);6H,1-5H3,(H,11,12);7-8H,2-6,10H2,1H3;;1H2/q;;;;+1;/p-1/t12-,14-;11-,13-;6-;8-;;/m0000../s1. The van der Waals surface area contributed by atoms with Gasteiger partial charge in [0, 0.05) is 21.1 Å². The van der Waals surface area contributed by atoms with Crippen LogP contribution in [0.2, 0.25) is 0 Å². The Morgan fingerprint density at radius 2 is 0.740 bits per heavy atom. The molecule has 24 heteroatoms. The minimum absolute atomic E-state index is 0. The molecule has 0 unspecified atom stereocenters. The van der Waals surface area contributed by atoms with Crippen molar-refractivity contribution < 1.29 is 101 Å². The SMILES string of the molecule is COC(=O)[C@@H](N)C1CCCCC1.COC(=O)[C@@H](NC(=O)[C@H](C)N(C)C(=O)OC(C)(C)C)C1CCCCC1.C[C@@H](C(=O)N[C@H](C(=O)O)C1CCCCC1)N(C)C(=O)OC(C)(C)C.C[C@@H](C(=O)O)N(C)C(=O)OC(C)(C)C.[Li+].[OH-]. The van der Waals surface area contributed by atoms with Gasteiger partial charge in [-0.25, -0.2) is 28.8 Å². The summed E-state index contributed by atoms with van der Waals surface area (Å²) in [5, 5.41) is 23.5. The van der Waals surface area contributed by atoms with E-state index in [1.165, 1.54) is 71.3 Å². The van der Waals surface area contributed by atoms with Crippen LogP contribution in [0, 0.1) is 17.8 Å². The fourth-order valence-electron chi connectivity index (χ4n) is 8.18. The molecule has 77 heavy (non-hydrogen) atoms. The van der Waals surface area contributed by atoms with Crippen LogP contribution in [0.3, 0.4) is 0 Å². The van der Waals surface area contributed by atoms with Gasteiger partial charge in [-0.05, 0) is 139 Å². The second-order valence-electron chi connectivity index (χ2n) is 22.7. The number of carboxylic acids is 2. The maximum Gasteiger partial charge on any atom is 1.00 e. The van der Waals surface area contributed by atoms with Gasteiger partial charge in [0.2, 0.25) is 11.8 Å². The van der Waals surface area contributed by atoms with Crippen LogP contribution in [0.5, 0.6) is 0 Å². The van der Waals surface area contributed by atoms with Gasteiger partial charge in [-0.15, -0.1) is 0 Å². The molecule has 23 nitrogen and oxygen atoms in total. The normalized spacial score (nSPS) is 17.4. The van der Waals surface area contributed by atoms with E-state index >= 15 is 0 Å². The number of carboxylic acid groups (broad SMARTS) is 2. The summed E-state index contributed by atoms with van der Waals surface area (Å²) < 4.78 is 25.0. The number of carbonyl (C=O) groups is 9. The van der Waals surface area contributed by atoms with Crippen molar-refractivity contribution in [1.29, 1.82) is 0 Å². The molecule has 7 N–H and O–H groups in total. The second kappa shape index (κ2) is 36.3. The van der Waals surface area contributed by atoms with Gasteiger partial charge in [-0.3, -0.25) is 29.1 Å². The third kappa shape index (κ3) is 30.2. The van der Waals surface area contributed by atoms with Crippen LogP contribution in [0.4, 0.5) is 14.4 Å². The minimum atomic E-state index is -1.06. The van der Waals surface area contributed by atoms with E-state index < -0.39 is 101 Å². The number of amides is 5. The molecule has 0 aromatic heterocycles. The van der Waals surface area contributed by atoms with Crippen LogP contribution in [-0.4, -0.2) is 173 Å². The van der Waals surface area contributed by atoms with Gasteiger partial charge in [-0.2, -0.15) is 0 Å². The summed E-state index contributed by atoms with van der Waals surface area (Å²) in [5.41, 5.74) is 3.82. The first kappa shape index (κ1) is 76.4. The minimum Gasteiger partial charge on any atom is -0.870 e. The number of carbonyl (C=O) groups excluding carboxylic acids is 7. The molecule has 3 aliphatic carbocycles. The summed E-state index contributed by atoms with van der Waals surface area (Å²) in [4.78, 5) is 109. The predicted molar refractivity (Wildman–Crippen MR) is 283 cm³/mol. The van der Waals surface area contributed by atoms with Gasteiger partial charge in [0.05, 0.1) is 14.2 Å². The monoisotopic (exact) mass is 1100 g/mol. The van der Waals surface area contributed by atoms with Gasteiger partial charge in [-0.1, -0.05) is 57.8 Å². The van der Waals surface area contributed by atoms with Gasteiger partial charge in [0.1, 0.15) is 53.1 Å². The number of likely N-dealkylation sites (N-methyl/N-ethyl adjacent to an activating group) is 3. The van der Waals surface area contributed by atoms with Crippen LogP contribution < -0.4 is 35.2 Å². The molecule has 3 saturated carbocycles. The van der Waals surface area contributed by atoms with E-state index in [0.717, 1.165) is 81.9 Å². The van der Waals surface area contributed by atoms with Crippen molar-refractivity contribution in [3.8, 4) is 0 Å². The Labute approximate surface area is 470 Å². The molecule has 0 radical (unpaired) electrons. The number of nitrogens with zero attached hydrogens (tertiary/aromatic N) is 3. The van der Waals surface area contributed by atoms with Crippen LogP contribution in [0.25, 0.3) is 0 Å². The van der Waals surface area contributed by atoms with Crippen molar-refractivity contribution in [1.82, 2.24) is 25.3 Å². The van der Waals surface area contributed by atoms with Crippen LogP contribution in [0.15, 0.2) is 0 Å². The van der Waals surface area contributed by atoms with Crippen LogP contribution >= 0.6 is 0 Å². The number of nitrogens with one attached hydrogen (secondary N) is 2. The average molecular weight is 1100 g/mol. The van der Waals surface area contributed by atoms with E-state index in [1.807, 2.05) is 0 Å². The number of esters is 2. The first-order chi connectivity index (χ1) is 34.5. The number of hydrogen-bond donors (Lipinski definition) is 5. The van der Waals surface area contributed by atoms with Gasteiger partial charge in [0.15, 0.2) is 0 Å². The molecule has 3 rings (SSSR count). The van der Waals surface area contributed by atoms with Crippen molar-refractivity contribution >= 4 is 54.0 Å². The summed E-state index contributed by atoms with van der Waals surface area (Å²) in [6, 6.07) is -4.43. The third-order valence-electron chi connectivity index (χ3n) is 13.1. The van der Waals surface area contributed by atoms with E-state index in [4.69, 9.17) is 29.8 Å². The van der Waals surface area contributed by atoms with Gasteiger partial charge < -0.3 is 55.7 Å². The summed E-state index contributed by atoms with van der Waals surface area (Å²) in [5.74, 6) is -3.29. The first-order valence-corrected chi connectivity index (χ1v) is 26.3. The summed E-state index contributed by atoms with van der Waals surface area (Å²) in [6.07, 6.45) is 13.7. The average Bonchev–Trinajstić information content (AvgIpc) is 3.34. The summed E-state index contributed by atoms with van der Waals surface area (Å²) in [7, 11) is 7.08. The molecular formula is C53H97LiN6O17. The molecule has 0 bridgehead atoms. The molecule has 5 amide bonds. The zero-order valence-electron chi connectivity index (χ0n) is 49.8. The molecule has 0 aromatic carbocycles. The molecule has 0 heterocycles. The number of methoxy groups -OCH3 is 2. The molecule has 0 aromatic rings. The molecule has 3 fully saturated rings. The van der Waals surface area contributed by atoms with Crippen molar-refractivity contribution in [2.24, 2.45) is 23.5 Å². The maximum atomic E-state index is 12.6. The second-order valence-corrected chi connectivity index (χ2v) is 22.7. The van der Waals surface area contributed by atoms with Crippen molar-refractivity contribution in [3.05, 3.63) is 0 Å². The molecule has 3 aliphatic rings. The Kier molecular flexibility index (Phi) is 36.1. The number of hydrogen-bond acceptors (Lipinski definition) is 16. The fourth-order valence-corrected chi connectivity index (χ4v) is 8.18. The zero-order valence-corrected chi connectivity index (χ0v) is 49.8. The predicted octanol–water partition coefficient (Wildman–Crippen LogP) is 4.09. The quantitative estimate of drug-likeness (QED) is 0.0929. The Balaban J connectivity index is -0.000000980. The topological polar surface area (TPSA) is 330 Å². The van der Waals surface area contributed by atoms with E-state index in [1.54, 1.807) is 76.2 Å². The number of ether oxygens (including phenoxy) is 5. The van der Waals surface area contributed by atoms with Crippen molar-refractivity contribution in [3.63, 3.8) is 0 Å². The first-order valence-electron chi connectivity index (χ1n) is 26.3. The Morgan fingerprint density at radius 3 is 1.01 bits per heavy atom. The molecule has 0 saturated heterocycles. The largest absolute Gasteiger partial charge is 1.00 e. The fraction of sp³-hybridized carbons (Fsp3) is 0.830. The van der Waals surface area contributed by atoms with E-state index in [0.29, 0.717) is 5.92 Å². The van der Waals surface area contributed by atoms with Crippen LogP contribution in [-0.2, 0) is 52.5 Å². The molecular weight excluding hydrogens is 1000 g/mol. The van der Waals surface area contributed by atoms with Gasteiger partial charge >= 0.3 is 61.0 Å². The van der Waals surface area contributed by atoms with Crippen LogP contribution in [0.1, 0.15) is 179 Å². The Morgan fingerprint density at radius 1 is 0.468 bits per heavy atom. The molecule has 0 aliphatic heterocycles. The van der Waals surface area contributed by atoms with Crippen molar-refractivity contribution in [2.45, 2.75) is 232 Å². The van der Waals surface area contributed by atoms with Crippen molar-refractivity contribution in [2.75, 3.05) is 35.4 Å². The Bertz CT molecular complexity index is 1840. The zero-order chi connectivity index (χ0) is 58.2. The van der Waals surface area contributed by atoms with E-state index in [-0.39, 0.29) is 42.1 Å². The molecule has 0 spiro atoms. The van der Waals surface area contributed by atoms with E-state index in [9.17, 15) is 48.3 Å². The van der Waals surface area contributed by atoms with E-state index in [2.05, 4.69) is 15.4 Å². The van der Waals surface area contributed by atoms with Gasteiger partial charge in [0.25, 0.3) is 0 Å².